The molecule has 1 N–H and O–H groups in total. The van der Waals surface area contributed by atoms with Crippen molar-refractivity contribution in [1.82, 2.24) is 24.2 Å². The van der Waals surface area contributed by atoms with Crippen LogP contribution in [-0.2, 0) is 16.6 Å². The van der Waals surface area contributed by atoms with Gasteiger partial charge >= 0.3 is 0 Å². The highest BCUT2D eigenvalue weighted by atomic mass is 32.2. The number of benzene rings is 2. The fourth-order valence-corrected chi connectivity index (χ4v) is 6.09. The van der Waals surface area contributed by atoms with Gasteiger partial charge in [0.15, 0.2) is 0 Å². The monoisotopic (exact) mass is 532 g/mol. The van der Waals surface area contributed by atoms with Gasteiger partial charge in [-0.05, 0) is 92.2 Å². The van der Waals surface area contributed by atoms with Crippen molar-refractivity contribution in [3.63, 3.8) is 0 Å². The third kappa shape index (κ3) is 6.04. The lowest BCUT2D eigenvalue weighted by Gasteiger charge is -2.36. The second-order valence-corrected chi connectivity index (χ2v) is 11.3. The van der Waals surface area contributed by atoms with Gasteiger partial charge in [0.1, 0.15) is 5.82 Å². The summed E-state index contributed by atoms with van der Waals surface area (Å²) >= 11 is 0. The minimum Gasteiger partial charge on any atom is -0.324 e. The highest BCUT2D eigenvalue weighted by Crippen LogP contribution is 2.25. The van der Waals surface area contributed by atoms with E-state index < -0.39 is 10.0 Å². The van der Waals surface area contributed by atoms with E-state index in [1.54, 1.807) is 65.4 Å². The fraction of sp³-hybridized carbons (Fsp3) is 0.250. The summed E-state index contributed by atoms with van der Waals surface area (Å²) in [6.07, 6.45) is 6.75. The number of hydrogen-bond acceptors (Lipinski definition) is 7. The van der Waals surface area contributed by atoms with E-state index in [0.717, 1.165) is 24.9 Å². The molecule has 0 aliphatic carbocycles. The van der Waals surface area contributed by atoms with Gasteiger partial charge in [0.05, 0.1) is 10.6 Å². The van der Waals surface area contributed by atoms with Crippen molar-refractivity contribution in [2.24, 2.45) is 0 Å². The lowest BCUT2D eigenvalue weighted by Crippen LogP contribution is -2.45. The van der Waals surface area contributed by atoms with E-state index in [2.05, 4.69) is 32.2 Å². The number of hydrogen-bond donors (Lipinski definition) is 1. The number of nitrogens with zero attached hydrogens (tertiary/aromatic N) is 5. The van der Waals surface area contributed by atoms with E-state index in [9.17, 15) is 12.8 Å². The van der Waals surface area contributed by atoms with Crippen LogP contribution >= 0.6 is 0 Å². The molecule has 10 heteroatoms. The molecule has 2 aromatic carbocycles. The average molecular weight is 533 g/mol. The Hall–Kier alpha value is -3.73. The Labute approximate surface area is 222 Å². The van der Waals surface area contributed by atoms with Gasteiger partial charge in [0.25, 0.3) is 0 Å². The molecule has 4 aromatic rings. The Bertz CT molecular complexity index is 1460. The largest absolute Gasteiger partial charge is 0.324 e. The molecule has 8 nitrogen and oxygen atoms in total. The third-order valence-electron chi connectivity index (χ3n) is 6.77. The van der Waals surface area contributed by atoms with E-state index in [1.165, 1.54) is 17.7 Å². The van der Waals surface area contributed by atoms with Gasteiger partial charge in [-0.15, -0.1) is 0 Å². The second kappa shape index (κ2) is 11.3. The predicted octanol–water partition coefficient (Wildman–Crippen LogP) is 4.71. The first-order valence-electron chi connectivity index (χ1n) is 12.4. The van der Waals surface area contributed by atoms with Crippen LogP contribution in [0.3, 0.4) is 0 Å². The van der Waals surface area contributed by atoms with Crippen LogP contribution in [0.4, 0.5) is 16.0 Å². The summed E-state index contributed by atoms with van der Waals surface area (Å²) in [5, 5.41) is 3.11. The van der Waals surface area contributed by atoms with Gasteiger partial charge < -0.3 is 5.32 Å². The Balaban J connectivity index is 1.20. The van der Waals surface area contributed by atoms with Crippen molar-refractivity contribution in [2.75, 3.05) is 25.5 Å². The standard InChI is InChI=1S/C28H29FN6O2S/c1-34(20-21-10-15-30-16-11-21)25-13-18-35(19-14-25)38(36,37)26-8-6-24(7-9-26)32-28-31-17-12-27(33-28)22-2-4-23(29)5-3-22/h2-12,15-17,25H,13-14,18-20H2,1H3,(H,31,32,33). The van der Waals surface area contributed by atoms with Gasteiger partial charge in [0, 0.05) is 55.5 Å². The first-order valence-corrected chi connectivity index (χ1v) is 13.9. The van der Waals surface area contributed by atoms with E-state index in [-0.39, 0.29) is 10.7 Å². The number of pyridine rings is 1. The van der Waals surface area contributed by atoms with E-state index in [1.807, 2.05) is 12.1 Å². The Morgan fingerprint density at radius 1 is 0.947 bits per heavy atom. The Morgan fingerprint density at radius 2 is 1.63 bits per heavy atom. The van der Waals surface area contributed by atoms with Crippen molar-refractivity contribution in [2.45, 2.75) is 30.3 Å². The van der Waals surface area contributed by atoms with Crippen molar-refractivity contribution in [3.05, 3.63) is 96.7 Å². The lowest BCUT2D eigenvalue weighted by molar-refractivity contribution is 0.162. The molecule has 2 aromatic heterocycles. The van der Waals surface area contributed by atoms with Crippen LogP contribution < -0.4 is 5.32 Å². The highest BCUT2D eigenvalue weighted by Gasteiger charge is 2.30. The topological polar surface area (TPSA) is 91.3 Å². The van der Waals surface area contributed by atoms with Gasteiger partial charge in [-0.1, -0.05) is 0 Å². The molecule has 0 saturated carbocycles. The van der Waals surface area contributed by atoms with Crippen molar-refractivity contribution >= 4 is 21.7 Å². The summed E-state index contributed by atoms with van der Waals surface area (Å²) in [5.41, 5.74) is 3.28. The number of halogens is 1. The molecule has 0 atom stereocenters. The minimum absolute atomic E-state index is 0.257. The van der Waals surface area contributed by atoms with Crippen molar-refractivity contribution in [1.29, 1.82) is 0 Å². The van der Waals surface area contributed by atoms with E-state index >= 15 is 0 Å². The molecule has 0 spiro atoms. The zero-order chi connectivity index (χ0) is 26.5. The molecule has 3 heterocycles. The maximum absolute atomic E-state index is 13.3. The molecule has 38 heavy (non-hydrogen) atoms. The molecule has 1 saturated heterocycles. The minimum atomic E-state index is -3.59. The van der Waals surface area contributed by atoms with Gasteiger partial charge in [0.2, 0.25) is 16.0 Å². The van der Waals surface area contributed by atoms with Crippen molar-refractivity contribution in [3.8, 4) is 11.3 Å². The normalized spacial score (nSPS) is 15.0. The summed E-state index contributed by atoms with van der Waals surface area (Å²) in [4.78, 5) is 15.3. The molecule has 1 aliphatic heterocycles. The summed E-state index contributed by atoms with van der Waals surface area (Å²) in [6.45, 7) is 1.78. The fourth-order valence-electron chi connectivity index (χ4n) is 4.62. The smallest absolute Gasteiger partial charge is 0.243 e. The Morgan fingerprint density at radius 3 is 2.32 bits per heavy atom. The number of piperidine rings is 1. The molecule has 5 rings (SSSR count). The van der Waals surface area contributed by atoms with Crippen molar-refractivity contribution < 1.29 is 12.8 Å². The number of anilines is 2. The molecule has 0 unspecified atom stereocenters. The number of nitrogens with one attached hydrogen (secondary N) is 1. The van der Waals surface area contributed by atoms with Crippen LogP contribution in [-0.4, -0.2) is 58.8 Å². The summed E-state index contributed by atoms with van der Waals surface area (Å²) in [7, 11) is -1.51. The quantitative estimate of drug-likeness (QED) is 0.352. The summed E-state index contributed by atoms with van der Waals surface area (Å²) in [5.74, 6) is 0.0503. The summed E-state index contributed by atoms with van der Waals surface area (Å²) in [6, 6.07) is 18.8. The lowest BCUT2D eigenvalue weighted by atomic mass is 10.0. The molecule has 196 valence electrons. The average Bonchev–Trinajstić information content (AvgIpc) is 2.94. The number of aromatic nitrogens is 3. The molecule has 1 fully saturated rings. The molecular weight excluding hydrogens is 503 g/mol. The SMILES string of the molecule is CN(Cc1ccncc1)C1CCN(S(=O)(=O)c2ccc(Nc3nccc(-c4ccc(F)cc4)n3)cc2)CC1. The van der Waals surface area contributed by atoms with Crippen LogP contribution in [0.25, 0.3) is 11.3 Å². The molecule has 0 bridgehead atoms. The molecule has 0 radical (unpaired) electrons. The first kappa shape index (κ1) is 25.9. The number of rotatable bonds is 8. The third-order valence-corrected chi connectivity index (χ3v) is 8.68. The highest BCUT2D eigenvalue weighted by molar-refractivity contribution is 7.89. The van der Waals surface area contributed by atoms with Gasteiger partial charge in [-0.2, -0.15) is 4.31 Å². The van der Waals surface area contributed by atoms with Crippen LogP contribution in [0.1, 0.15) is 18.4 Å². The second-order valence-electron chi connectivity index (χ2n) is 9.33. The van der Waals surface area contributed by atoms with Gasteiger partial charge in [-0.25, -0.2) is 22.8 Å². The molecule has 1 aliphatic rings. The maximum Gasteiger partial charge on any atom is 0.243 e. The van der Waals surface area contributed by atoms with Gasteiger partial charge in [-0.3, -0.25) is 9.88 Å². The number of sulfonamides is 1. The molecule has 0 amide bonds. The first-order chi connectivity index (χ1) is 18.4. The zero-order valence-corrected chi connectivity index (χ0v) is 21.9. The van der Waals surface area contributed by atoms with Crippen LogP contribution in [0.5, 0.6) is 0 Å². The summed E-state index contributed by atoms with van der Waals surface area (Å²) < 4.78 is 41.4. The van der Waals surface area contributed by atoms with E-state index in [0.29, 0.717) is 36.5 Å². The zero-order valence-electron chi connectivity index (χ0n) is 21.0. The van der Waals surface area contributed by atoms with Crippen LogP contribution in [0, 0.1) is 5.82 Å². The van der Waals surface area contributed by atoms with Crippen LogP contribution in [0.2, 0.25) is 0 Å². The maximum atomic E-state index is 13.3. The van der Waals surface area contributed by atoms with E-state index in [4.69, 9.17) is 0 Å². The Kier molecular flexibility index (Phi) is 7.73. The van der Waals surface area contributed by atoms with Crippen LogP contribution in [0.15, 0.2) is 90.2 Å². The predicted molar refractivity (Wildman–Crippen MR) is 145 cm³/mol. The molecular formula is C28H29FN6O2S.